The average Bonchev–Trinajstić information content (AvgIpc) is 2.58. The Labute approximate surface area is 140 Å². The van der Waals surface area contributed by atoms with Gasteiger partial charge in [0.25, 0.3) is 5.91 Å². The lowest BCUT2D eigenvalue weighted by molar-refractivity contribution is -0.125. The molecule has 24 heavy (non-hydrogen) atoms. The van der Waals surface area contributed by atoms with Crippen LogP contribution in [0, 0.1) is 11.6 Å². The zero-order valence-electron chi connectivity index (χ0n) is 14.0. The lowest BCUT2D eigenvalue weighted by Gasteiger charge is -2.46. The van der Waals surface area contributed by atoms with E-state index < -0.39 is 23.3 Å². The van der Waals surface area contributed by atoms with Crippen molar-refractivity contribution in [3.8, 4) is 5.75 Å². The number of amides is 1. The number of hydrogen-bond acceptors (Lipinski definition) is 4. The third kappa shape index (κ3) is 3.10. The molecule has 1 spiro atoms. The summed E-state index contributed by atoms with van der Waals surface area (Å²) in [5.74, 6) is -2.75. The number of ether oxygens (including phenoxy) is 2. The van der Waals surface area contributed by atoms with Crippen molar-refractivity contribution in [1.82, 2.24) is 9.80 Å². The van der Waals surface area contributed by atoms with E-state index in [1.54, 1.807) is 4.90 Å². The van der Waals surface area contributed by atoms with Crippen LogP contribution in [0.3, 0.4) is 0 Å². The van der Waals surface area contributed by atoms with Crippen LogP contribution in [0.5, 0.6) is 5.75 Å². The summed E-state index contributed by atoms with van der Waals surface area (Å²) in [7, 11) is 3.23. The van der Waals surface area contributed by atoms with Crippen LogP contribution in [0.2, 0.25) is 0 Å². The normalized spacial score (nSPS) is 21.1. The molecular weight excluding hydrogens is 318 g/mol. The van der Waals surface area contributed by atoms with Crippen molar-refractivity contribution in [1.29, 1.82) is 0 Å². The Morgan fingerprint density at radius 2 is 1.96 bits per heavy atom. The number of piperidine rings is 1. The molecule has 2 saturated heterocycles. The van der Waals surface area contributed by atoms with Gasteiger partial charge in [0.1, 0.15) is 0 Å². The summed E-state index contributed by atoms with van der Waals surface area (Å²) in [4.78, 5) is 16.6. The van der Waals surface area contributed by atoms with E-state index in [1.165, 1.54) is 13.2 Å². The van der Waals surface area contributed by atoms with Crippen LogP contribution in [-0.2, 0) is 4.74 Å². The van der Waals surface area contributed by atoms with E-state index in [-0.39, 0.29) is 11.2 Å². The molecule has 1 amide bonds. The van der Waals surface area contributed by atoms with E-state index in [0.29, 0.717) is 19.7 Å². The van der Waals surface area contributed by atoms with E-state index in [9.17, 15) is 13.6 Å². The van der Waals surface area contributed by atoms with E-state index in [4.69, 9.17) is 9.47 Å². The minimum atomic E-state index is -0.952. The average molecular weight is 340 g/mol. The summed E-state index contributed by atoms with van der Waals surface area (Å²) in [6.07, 6.45) is 1.67. The van der Waals surface area contributed by atoms with Crippen molar-refractivity contribution in [2.75, 3.05) is 46.9 Å². The highest BCUT2D eigenvalue weighted by molar-refractivity contribution is 5.95. The zero-order chi connectivity index (χ0) is 17.3. The molecule has 5 nitrogen and oxygen atoms in total. The Morgan fingerprint density at radius 1 is 1.25 bits per heavy atom. The summed E-state index contributed by atoms with van der Waals surface area (Å²) < 4.78 is 38.6. The van der Waals surface area contributed by atoms with Crippen molar-refractivity contribution in [2.45, 2.75) is 18.4 Å². The van der Waals surface area contributed by atoms with E-state index in [1.807, 2.05) is 0 Å². The number of halogens is 2. The molecule has 0 radical (unpaired) electrons. The minimum Gasteiger partial charge on any atom is -0.491 e. The molecule has 0 atom stereocenters. The van der Waals surface area contributed by atoms with Crippen LogP contribution in [0.25, 0.3) is 0 Å². The maximum atomic E-state index is 14.4. The van der Waals surface area contributed by atoms with Gasteiger partial charge in [0.15, 0.2) is 17.4 Å². The minimum absolute atomic E-state index is 0.168. The van der Waals surface area contributed by atoms with Crippen LogP contribution >= 0.6 is 0 Å². The number of benzene rings is 1. The molecule has 2 fully saturated rings. The number of likely N-dealkylation sites (tertiary alicyclic amines) is 1. The highest BCUT2D eigenvalue weighted by Crippen LogP contribution is 2.31. The molecule has 0 aliphatic carbocycles. The quantitative estimate of drug-likeness (QED) is 0.825. The molecule has 132 valence electrons. The summed E-state index contributed by atoms with van der Waals surface area (Å²) >= 11 is 0. The van der Waals surface area contributed by atoms with Gasteiger partial charge in [-0.3, -0.25) is 4.79 Å². The lowest BCUT2D eigenvalue weighted by atomic mass is 9.89. The fourth-order valence-corrected chi connectivity index (χ4v) is 3.40. The summed E-state index contributed by atoms with van der Waals surface area (Å²) in [5, 5.41) is 0. The Morgan fingerprint density at radius 3 is 2.62 bits per heavy atom. The molecule has 2 aliphatic heterocycles. The third-order valence-electron chi connectivity index (χ3n) is 4.92. The molecule has 0 unspecified atom stereocenters. The predicted molar refractivity (Wildman–Crippen MR) is 84.2 cm³/mol. The Kier molecular flexibility index (Phi) is 4.73. The second-order valence-corrected chi connectivity index (χ2v) is 6.50. The first kappa shape index (κ1) is 17.1. The molecule has 2 heterocycles. The smallest absolute Gasteiger partial charge is 0.257 e. The lowest BCUT2D eigenvalue weighted by Crippen LogP contribution is -2.57. The molecular formula is C17H22F2N2O3. The Balaban J connectivity index is 1.80. The van der Waals surface area contributed by atoms with Gasteiger partial charge >= 0.3 is 0 Å². The molecule has 1 aromatic carbocycles. The molecule has 0 saturated carbocycles. The van der Waals surface area contributed by atoms with Crippen molar-refractivity contribution in [3.05, 3.63) is 29.3 Å². The largest absolute Gasteiger partial charge is 0.491 e. The van der Waals surface area contributed by atoms with E-state index in [2.05, 4.69) is 11.9 Å². The van der Waals surface area contributed by atoms with E-state index in [0.717, 1.165) is 32.0 Å². The second-order valence-electron chi connectivity index (χ2n) is 6.50. The molecule has 0 bridgehead atoms. The van der Waals surface area contributed by atoms with Crippen LogP contribution in [-0.4, -0.2) is 68.3 Å². The molecule has 7 heteroatoms. The Hall–Kier alpha value is -1.73. The molecule has 0 aromatic heterocycles. The number of morpholine rings is 1. The van der Waals surface area contributed by atoms with Gasteiger partial charge in [-0.05, 0) is 32.0 Å². The number of rotatable bonds is 2. The van der Waals surface area contributed by atoms with Crippen molar-refractivity contribution < 1.29 is 23.0 Å². The maximum Gasteiger partial charge on any atom is 0.257 e. The third-order valence-corrected chi connectivity index (χ3v) is 4.92. The van der Waals surface area contributed by atoms with Gasteiger partial charge in [0, 0.05) is 19.6 Å². The van der Waals surface area contributed by atoms with Gasteiger partial charge in [-0.25, -0.2) is 8.78 Å². The Bertz CT molecular complexity index is 631. The van der Waals surface area contributed by atoms with Gasteiger partial charge in [0.2, 0.25) is 0 Å². The van der Waals surface area contributed by atoms with Crippen LogP contribution in [0.15, 0.2) is 12.1 Å². The predicted octanol–water partition coefficient (Wildman–Crippen LogP) is 1.91. The van der Waals surface area contributed by atoms with Gasteiger partial charge in [-0.1, -0.05) is 0 Å². The number of carbonyl (C=O) groups is 1. The van der Waals surface area contributed by atoms with Crippen molar-refractivity contribution >= 4 is 5.91 Å². The topological polar surface area (TPSA) is 42.0 Å². The first-order valence-electron chi connectivity index (χ1n) is 8.09. The molecule has 1 aromatic rings. The summed E-state index contributed by atoms with van der Waals surface area (Å²) in [6, 6.07) is 2.23. The highest BCUT2D eigenvalue weighted by Gasteiger charge is 2.41. The van der Waals surface area contributed by atoms with E-state index >= 15 is 0 Å². The van der Waals surface area contributed by atoms with Gasteiger partial charge in [-0.2, -0.15) is 0 Å². The van der Waals surface area contributed by atoms with Crippen molar-refractivity contribution in [2.24, 2.45) is 0 Å². The van der Waals surface area contributed by atoms with Gasteiger partial charge in [-0.15, -0.1) is 0 Å². The maximum absolute atomic E-state index is 14.4. The van der Waals surface area contributed by atoms with Crippen LogP contribution in [0.4, 0.5) is 8.78 Å². The molecule has 3 rings (SSSR count). The molecule has 2 aliphatic rings. The highest BCUT2D eigenvalue weighted by atomic mass is 19.1. The first-order chi connectivity index (χ1) is 11.5. The van der Waals surface area contributed by atoms with Crippen LogP contribution < -0.4 is 4.74 Å². The summed E-state index contributed by atoms with van der Waals surface area (Å²) in [6.45, 7) is 3.06. The summed E-state index contributed by atoms with van der Waals surface area (Å²) in [5.41, 5.74) is -0.528. The van der Waals surface area contributed by atoms with Gasteiger partial charge in [0.05, 0.1) is 31.4 Å². The first-order valence-corrected chi connectivity index (χ1v) is 8.09. The zero-order valence-corrected chi connectivity index (χ0v) is 14.0. The van der Waals surface area contributed by atoms with Crippen molar-refractivity contribution in [3.63, 3.8) is 0 Å². The molecule has 0 N–H and O–H groups in total. The number of hydrogen-bond donors (Lipinski definition) is 0. The number of methoxy groups -OCH3 is 1. The number of carbonyl (C=O) groups excluding carboxylic acids is 1. The second kappa shape index (κ2) is 6.64. The van der Waals surface area contributed by atoms with Crippen LogP contribution in [0.1, 0.15) is 23.2 Å². The standard InChI is InChI=1S/C17H22F2N2O3/c1-20-7-5-17(6-8-20)11-21(9-10-24-17)16(22)12-3-4-13(18)15(23-2)14(12)19/h3-4H,5-11H2,1-2H3. The van der Waals surface area contributed by atoms with Gasteiger partial charge < -0.3 is 19.3 Å². The fourth-order valence-electron chi connectivity index (χ4n) is 3.40. The fraction of sp³-hybridized carbons (Fsp3) is 0.588. The SMILES string of the molecule is COc1c(F)ccc(C(=O)N2CCOC3(CCN(C)CC3)C2)c1F. The number of nitrogens with zero attached hydrogens (tertiary/aromatic N) is 2. The monoisotopic (exact) mass is 340 g/mol.